The fourth-order valence-corrected chi connectivity index (χ4v) is 3.09. The summed E-state index contributed by atoms with van der Waals surface area (Å²) in [5, 5.41) is 11.6. The van der Waals surface area contributed by atoms with Crippen molar-refractivity contribution in [3.63, 3.8) is 0 Å². The van der Waals surface area contributed by atoms with Gasteiger partial charge in [-0.2, -0.15) is 0 Å². The van der Waals surface area contributed by atoms with E-state index < -0.39 is 11.5 Å². The lowest BCUT2D eigenvalue weighted by atomic mass is 9.76. The molecule has 0 fully saturated rings. The van der Waals surface area contributed by atoms with Crippen molar-refractivity contribution in [2.45, 2.75) is 46.1 Å². The highest BCUT2D eigenvalue weighted by atomic mass is 16.5. The van der Waals surface area contributed by atoms with Crippen LogP contribution in [0.25, 0.3) is 0 Å². The minimum atomic E-state index is -1.21. The van der Waals surface area contributed by atoms with Gasteiger partial charge in [-0.3, -0.25) is 4.79 Å². The summed E-state index contributed by atoms with van der Waals surface area (Å²) < 4.78 is 5.22. The van der Waals surface area contributed by atoms with Crippen molar-refractivity contribution in [3.8, 4) is 18.6 Å². The van der Waals surface area contributed by atoms with E-state index in [4.69, 9.17) is 4.74 Å². The number of ketones is 1. The maximum Gasteiger partial charge on any atom is 0.144 e. The van der Waals surface area contributed by atoms with Crippen molar-refractivity contribution in [1.82, 2.24) is 4.90 Å². The maximum absolute atomic E-state index is 13.1. The lowest BCUT2D eigenvalue weighted by molar-refractivity contribution is -0.134. The van der Waals surface area contributed by atoms with Crippen LogP contribution >= 0.6 is 0 Å². The summed E-state index contributed by atoms with van der Waals surface area (Å²) in [6.07, 6.45) is 14.6. The van der Waals surface area contributed by atoms with Gasteiger partial charge in [-0.15, -0.1) is 12.8 Å². The molecule has 0 aliphatic carbocycles. The highest BCUT2D eigenvalue weighted by Gasteiger charge is 2.41. The van der Waals surface area contributed by atoms with Crippen LogP contribution in [0.3, 0.4) is 0 Å². The molecule has 0 bridgehead atoms. The average molecular weight is 400 g/mol. The Balaban J connectivity index is 0.00000379. The van der Waals surface area contributed by atoms with E-state index in [-0.39, 0.29) is 5.78 Å². The molecule has 160 valence electrons. The first kappa shape index (κ1) is 26.6. The second-order valence-electron chi connectivity index (χ2n) is 7.02. The number of rotatable bonds is 11. The fraction of sp³-hybridized carbons (Fsp3) is 0.480. The average Bonchev–Trinajstić information content (AvgIpc) is 2.77. The second-order valence-corrected chi connectivity index (χ2v) is 7.02. The number of benzene rings is 1. The third kappa shape index (κ3) is 7.89. The summed E-state index contributed by atoms with van der Waals surface area (Å²) in [6, 6.07) is 7.37. The Morgan fingerprint density at radius 3 is 2.31 bits per heavy atom. The molecule has 1 aromatic rings. The van der Waals surface area contributed by atoms with Crippen LogP contribution in [-0.4, -0.2) is 43.0 Å². The standard InChI is InChI=1S/C23H35NO3.C2H2/c1-7-18(4)11-10-12-22(25)21(17-24(5)9-3)23(26,8-2)19-13-15-20(27-6)16-14-19;1-2/h7,10-11,13-16,21,26H,8-9,12,17H2,1-6H3;1-2H/b11-10-,18-7-;. The number of aliphatic hydroxyl groups is 1. The van der Waals surface area contributed by atoms with Crippen LogP contribution in [0.2, 0.25) is 0 Å². The van der Waals surface area contributed by atoms with Crippen LogP contribution in [-0.2, 0) is 10.4 Å². The fourth-order valence-electron chi connectivity index (χ4n) is 3.09. The molecule has 0 spiro atoms. The number of Topliss-reactive ketones (excluding diaryl/α,β-unsaturated/α-hetero) is 1. The highest BCUT2D eigenvalue weighted by Crippen LogP contribution is 2.36. The number of methoxy groups -OCH3 is 1. The van der Waals surface area contributed by atoms with E-state index in [2.05, 4.69) is 24.7 Å². The molecular weight excluding hydrogens is 362 g/mol. The van der Waals surface area contributed by atoms with Crippen LogP contribution in [0.5, 0.6) is 5.75 Å². The third-order valence-corrected chi connectivity index (χ3v) is 5.28. The summed E-state index contributed by atoms with van der Waals surface area (Å²) >= 11 is 0. The molecule has 2 unspecified atom stereocenters. The topological polar surface area (TPSA) is 49.8 Å². The van der Waals surface area contributed by atoms with Crippen molar-refractivity contribution in [3.05, 3.63) is 53.6 Å². The molecule has 1 N–H and O–H groups in total. The van der Waals surface area contributed by atoms with Crippen molar-refractivity contribution in [1.29, 1.82) is 0 Å². The van der Waals surface area contributed by atoms with E-state index in [0.29, 0.717) is 19.4 Å². The molecule has 1 aromatic carbocycles. The zero-order chi connectivity index (χ0) is 22.4. The monoisotopic (exact) mass is 399 g/mol. The van der Waals surface area contributed by atoms with Gasteiger partial charge in [0.15, 0.2) is 0 Å². The first-order chi connectivity index (χ1) is 13.8. The highest BCUT2D eigenvalue weighted by molar-refractivity contribution is 5.84. The Bertz CT molecular complexity index is 688. The Labute approximate surface area is 177 Å². The van der Waals surface area contributed by atoms with Gasteiger partial charge in [0.1, 0.15) is 17.1 Å². The Morgan fingerprint density at radius 2 is 1.86 bits per heavy atom. The minimum absolute atomic E-state index is 0.0515. The predicted molar refractivity (Wildman–Crippen MR) is 122 cm³/mol. The van der Waals surface area contributed by atoms with E-state index >= 15 is 0 Å². The molecule has 0 aliphatic rings. The summed E-state index contributed by atoms with van der Waals surface area (Å²) in [4.78, 5) is 15.2. The van der Waals surface area contributed by atoms with Gasteiger partial charge in [0.25, 0.3) is 0 Å². The van der Waals surface area contributed by atoms with Crippen LogP contribution in [0.4, 0.5) is 0 Å². The smallest absolute Gasteiger partial charge is 0.144 e. The number of hydrogen-bond acceptors (Lipinski definition) is 4. The van der Waals surface area contributed by atoms with Crippen LogP contribution in [0.1, 0.15) is 46.1 Å². The molecule has 0 aliphatic heterocycles. The lowest BCUT2D eigenvalue weighted by Gasteiger charge is -2.37. The number of carbonyl (C=O) groups excluding carboxylic acids is 1. The van der Waals surface area contributed by atoms with Gasteiger partial charge in [0, 0.05) is 13.0 Å². The lowest BCUT2D eigenvalue weighted by Crippen LogP contribution is -2.45. The molecule has 4 heteroatoms. The molecule has 4 nitrogen and oxygen atoms in total. The molecule has 29 heavy (non-hydrogen) atoms. The second kappa shape index (κ2) is 13.8. The van der Waals surface area contributed by atoms with E-state index in [1.807, 2.05) is 70.3 Å². The van der Waals surface area contributed by atoms with Gasteiger partial charge >= 0.3 is 0 Å². The largest absolute Gasteiger partial charge is 0.497 e. The quantitative estimate of drug-likeness (QED) is 0.437. The van der Waals surface area contributed by atoms with Gasteiger partial charge in [0.2, 0.25) is 0 Å². The molecule has 0 heterocycles. The zero-order valence-electron chi connectivity index (χ0n) is 18.8. The van der Waals surface area contributed by atoms with Gasteiger partial charge in [-0.1, -0.05) is 49.8 Å². The Kier molecular flexibility index (Phi) is 12.6. The molecule has 1 rings (SSSR count). The van der Waals surface area contributed by atoms with Gasteiger partial charge in [-0.05, 0) is 51.6 Å². The number of allylic oxidation sites excluding steroid dienone is 4. The number of terminal acetylenes is 1. The van der Waals surface area contributed by atoms with Crippen LogP contribution < -0.4 is 4.74 Å². The van der Waals surface area contributed by atoms with Crippen LogP contribution in [0.15, 0.2) is 48.1 Å². The van der Waals surface area contributed by atoms with E-state index in [9.17, 15) is 9.90 Å². The van der Waals surface area contributed by atoms with Crippen molar-refractivity contribution >= 4 is 5.78 Å². The first-order valence-electron chi connectivity index (χ1n) is 10.0. The van der Waals surface area contributed by atoms with Crippen molar-refractivity contribution in [2.75, 3.05) is 27.2 Å². The van der Waals surface area contributed by atoms with Crippen molar-refractivity contribution < 1.29 is 14.6 Å². The number of nitrogens with zero attached hydrogens (tertiary/aromatic N) is 1. The number of carbonyl (C=O) groups is 1. The third-order valence-electron chi connectivity index (χ3n) is 5.28. The Hall–Kier alpha value is -2.35. The molecule has 0 saturated carbocycles. The summed E-state index contributed by atoms with van der Waals surface area (Å²) in [6.45, 7) is 9.29. The summed E-state index contributed by atoms with van der Waals surface area (Å²) in [7, 11) is 3.59. The normalized spacial score (nSPS) is 14.8. The van der Waals surface area contributed by atoms with Crippen molar-refractivity contribution in [2.24, 2.45) is 5.92 Å². The molecule has 0 saturated heterocycles. The summed E-state index contributed by atoms with van der Waals surface area (Å²) in [5.74, 6) is 0.280. The zero-order valence-corrected chi connectivity index (χ0v) is 18.8. The van der Waals surface area contributed by atoms with E-state index in [1.54, 1.807) is 7.11 Å². The maximum atomic E-state index is 13.1. The summed E-state index contributed by atoms with van der Waals surface area (Å²) in [5.41, 5.74) is 0.657. The van der Waals surface area contributed by atoms with E-state index in [0.717, 1.165) is 23.4 Å². The molecule has 0 aromatic heterocycles. The predicted octanol–water partition coefficient (Wildman–Crippen LogP) is 4.59. The van der Waals surface area contributed by atoms with Gasteiger partial charge in [-0.25, -0.2) is 0 Å². The molecule has 0 amide bonds. The molecular formula is C25H37NO3. The molecule has 0 radical (unpaired) electrons. The van der Waals surface area contributed by atoms with Gasteiger partial charge < -0.3 is 14.7 Å². The minimum Gasteiger partial charge on any atom is -0.497 e. The first-order valence-corrected chi connectivity index (χ1v) is 10.0. The van der Waals surface area contributed by atoms with E-state index in [1.165, 1.54) is 0 Å². The SMILES string of the molecule is C#C.C/C=C(C)\C=C/CC(=O)C(CN(C)CC)C(O)(CC)c1ccc(OC)cc1. The number of hydrogen-bond donors (Lipinski definition) is 1. The Morgan fingerprint density at radius 1 is 1.28 bits per heavy atom. The molecule has 2 atom stereocenters. The number of ether oxygens (including phenoxy) is 1. The van der Waals surface area contributed by atoms with Crippen LogP contribution in [0, 0.1) is 18.8 Å². The van der Waals surface area contributed by atoms with Gasteiger partial charge in [0.05, 0.1) is 13.0 Å².